The van der Waals surface area contributed by atoms with E-state index in [1.165, 1.54) is 12.1 Å². The van der Waals surface area contributed by atoms with Crippen molar-refractivity contribution in [2.45, 2.75) is 4.90 Å². The summed E-state index contributed by atoms with van der Waals surface area (Å²) in [4.78, 5) is 12.6. The SMILES string of the molecule is O=C(Nc1ccc(Br)cc1F)c1cccc(S)c1. The molecule has 0 heterocycles. The van der Waals surface area contributed by atoms with E-state index in [2.05, 4.69) is 33.9 Å². The quantitative estimate of drug-likeness (QED) is 0.799. The predicted molar refractivity (Wildman–Crippen MR) is 75.7 cm³/mol. The monoisotopic (exact) mass is 325 g/mol. The third kappa shape index (κ3) is 3.11. The number of amides is 1. The largest absolute Gasteiger partial charge is 0.319 e. The van der Waals surface area contributed by atoms with Crippen LogP contribution in [0.1, 0.15) is 10.4 Å². The van der Waals surface area contributed by atoms with Gasteiger partial charge in [-0.3, -0.25) is 4.79 Å². The molecule has 2 nitrogen and oxygen atoms in total. The van der Waals surface area contributed by atoms with Crippen LogP contribution in [0.25, 0.3) is 0 Å². The summed E-state index contributed by atoms with van der Waals surface area (Å²) in [6, 6.07) is 11.2. The Bertz CT molecular complexity index is 603. The molecule has 1 N–H and O–H groups in total. The van der Waals surface area contributed by atoms with Gasteiger partial charge >= 0.3 is 0 Å². The highest BCUT2D eigenvalue weighted by atomic mass is 79.9. The van der Waals surface area contributed by atoms with Gasteiger partial charge in [0, 0.05) is 14.9 Å². The molecule has 0 radical (unpaired) electrons. The van der Waals surface area contributed by atoms with Gasteiger partial charge in [0.1, 0.15) is 5.82 Å². The van der Waals surface area contributed by atoms with Crippen molar-refractivity contribution in [2.75, 3.05) is 5.32 Å². The molecule has 0 aromatic heterocycles. The van der Waals surface area contributed by atoms with E-state index < -0.39 is 5.82 Å². The molecule has 0 unspecified atom stereocenters. The van der Waals surface area contributed by atoms with Crippen molar-refractivity contribution in [3.8, 4) is 0 Å². The molecule has 18 heavy (non-hydrogen) atoms. The summed E-state index contributed by atoms with van der Waals surface area (Å²) in [5.41, 5.74) is 0.581. The smallest absolute Gasteiger partial charge is 0.255 e. The third-order valence-electron chi connectivity index (χ3n) is 2.29. The van der Waals surface area contributed by atoms with Gasteiger partial charge in [-0.1, -0.05) is 22.0 Å². The zero-order valence-corrected chi connectivity index (χ0v) is 11.6. The van der Waals surface area contributed by atoms with Crippen LogP contribution in [0.5, 0.6) is 0 Å². The van der Waals surface area contributed by atoms with Crippen molar-refractivity contribution in [3.05, 3.63) is 58.3 Å². The number of halogens is 2. The van der Waals surface area contributed by atoms with Crippen LogP contribution in [-0.4, -0.2) is 5.91 Å². The molecule has 0 fully saturated rings. The Morgan fingerprint density at radius 3 is 2.67 bits per heavy atom. The van der Waals surface area contributed by atoms with E-state index in [1.54, 1.807) is 30.3 Å². The second kappa shape index (κ2) is 5.54. The van der Waals surface area contributed by atoms with Crippen LogP contribution in [0.3, 0.4) is 0 Å². The van der Waals surface area contributed by atoms with Gasteiger partial charge in [0.05, 0.1) is 5.69 Å². The van der Waals surface area contributed by atoms with Gasteiger partial charge in [-0.05, 0) is 36.4 Å². The number of hydrogen-bond donors (Lipinski definition) is 2. The molecule has 92 valence electrons. The zero-order valence-electron chi connectivity index (χ0n) is 9.15. The van der Waals surface area contributed by atoms with Crippen molar-refractivity contribution in [3.63, 3.8) is 0 Å². The first-order valence-corrected chi connectivity index (χ1v) is 6.36. The Morgan fingerprint density at radius 1 is 1.22 bits per heavy atom. The number of carbonyl (C=O) groups is 1. The van der Waals surface area contributed by atoms with E-state index in [1.807, 2.05) is 0 Å². The highest BCUT2D eigenvalue weighted by molar-refractivity contribution is 9.10. The number of nitrogens with one attached hydrogen (secondary N) is 1. The minimum atomic E-state index is -0.486. The third-order valence-corrected chi connectivity index (χ3v) is 3.06. The van der Waals surface area contributed by atoms with Crippen LogP contribution in [0.2, 0.25) is 0 Å². The Kier molecular flexibility index (Phi) is 4.04. The van der Waals surface area contributed by atoms with Gasteiger partial charge in [0.2, 0.25) is 0 Å². The number of hydrogen-bond acceptors (Lipinski definition) is 2. The summed E-state index contributed by atoms with van der Waals surface area (Å²) in [7, 11) is 0. The van der Waals surface area contributed by atoms with Gasteiger partial charge in [0.15, 0.2) is 0 Å². The van der Waals surface area contributed by atoms with Gasteiger partial charge < -0.3 is 5.32 Å². The predicted octanol–water partition coefficient (Wildman–Crippen LogP) is 4.13. The highest BCUT2D eigenvalue weighted by Gasteiger charge is 2.09. The molecule has 0 aliphatic carbocycles. The first-order chi connectivity index (χ1) is 8.56. The number of rotatable bonds is 2. The summed E-state index contributed by atoms with van der Waals surface area (Å²) in [5, 5.41) is 2.51. The van der Waals surface area contributed by atoms with Crippen LogP contribution < -0.4 is 5.32 Å². The van der Waals surface area contributed by atoms with Crippen molar-refractivity contribution in [1.29, 1.82) is 0 Å². The molecule has 2 rings (SSSR count). The number of carbonyl (C=O) groups excluding carboxylic acids is 1. The maximum atomic E-state index is 13.5. The molecule has 5 heteroatoms. The number of thiol groups is 1. The Balaban J connectivity index is 2.21. The molecule has 0 atom stereocenters. The molecule has 0 bridgehead atoms. The Labute approximate surface area is 118 Å². The molecular formula is C13H9BrFNOS. The second-order valence-electron chi connectivity index (χ2n) is 3.63. The summed E-state index contributed by atoms with van der Waals surface area (Å²) in [6.45, 7) is 0. The topological polar surface area (TPSA) is 29.1 Å². The van der Waals surface area contributed by atoms with Crippen LogP contribution in [0, 0.1) is 5.82 Å². The summed E-state index contributed by atoms with van der Waals surface area (Å²) < 4.78 is 14.2. The zero-order chi connectivity index (χ0) is 13.1. The van der Waals surface area contributed by atoms with E-state index >= 15 is 0 Å². The first kappa shape index (κ1) is 13.1. The van der Waals surface area contributed by atoms with Crippen molar-refractivity contribution >= 4 is 40.2 Å². The lowest BCUT2D eigenvalue weighted by atomic mass is 10.2. The molecule has 0 saturated carbocycles. The van der Waals surface area contributed by atoms with E-state index in [0.29, 0.717) is 14.9 Å². The summed E-state index contributed by atoms with van der Waals surface area (Å²) in [5.74, 6) is -0.855. The molecule has 2 aromatic carbocycles. The van der Waals surface area contributed by atoms with E-state index in [4.69, 9.17) is 0 Å². The normalized spacial score (nSPS) is 10.2. The van der Waals surface area contributed by atoms with Crippen molar-refractivity contribution < 1.29 is 9.18 Å². The van der Waals surface area contributed by atoms with Gasteiger partial charge in [-0.15, -0.1) is 12.6 Å². The fraction of sp³-hybridized carbons (Fsp3) is 0. The minimum Gasteiger partial charge on any atom is -0.319 e. The molecule has 0 saturated heterocycles. The maximum absolute atomic E-state index is 13.5. The Morgan fingerprint density at radius 2 is 2.00 bits per heavy atom. The lowest BCUT2D eigenvalue weighted by Crippen LogP contribution is -2.12. The van der Waals surface area contributed by atoms with Gasteiger partial charge in [0.25, 0.3) is 5.91 Å². The van der Waals surface area contributed by atoms with Crippen LogP contribution in [-0.2, 0) is 0 Å². The second-order valence-corrected chi connectivity index (χ2v) is 5.06. The van der Waals surface area contributed by atoms with Crippen LogP contribution in [0.4, 0.5) is 10.1 Å². The minimum absolute atomic E-state index is 0.146. The van der Waals surface area contributed by atoms with E-state index in [0.717, 1.165) is 0 Å². The van der Waals surface area contributed by atoms with Gasteiger partial charge in [-0.2, -0.15) is 0 Å². The van der Waals surface area contributed by atoms with Crippen molar-refractivity contribution in [1.82, 2.24) is 0 Å². The molecule has 2 aromatic rings. The standard InChI is InChI=1S/C13H9BrFNOS/c14-9-4-5-12(11(15)7-9)16-13(17)8-2-1-3-10(18)6-8/h1-7,18H,(H,16,17). The number of anilines is 1. The van der Waals surface area contributed by atoms with Crippen LogP contribution >= 0.6 is 28.6 Å². The van der Waals surface area contributed by atoms with E-state index in [-0.39, 0.29) is 11.6 Å². The van der Waals surface area contributed by atoms with Crippen LogP contribution in [0.15, 0.2) is 51.8 Å². The molecule has 0 aliphatic heterocycles. The molecule has 0 spiro atoms. The van der Waals surface area contributed by atoms with E-state index in [9.17, 15) is 9.18 Å². The van der Waals surface area contributed by atoms with Gasteiger partial charge in [-0.25, -0.2) is 4.39 Å². The maximum Gasteiger partial charge on any atom is 0.255 e. The first-order valence-electron chi connectivity index (χ1n) is 5.12. The molecule has 0 aliphatic rings. The average molecular weight is 326 g/mol. The lowest BCUT2D eigenvalue weighted by molar-refractivity contribution is 0.102. The average Bonchev–Trinajstić information content (AvgIpc) is 2.32. The fourth-order valence-electron chi connectivity index (χ4n) is 1.43. The Hall–Kier alpha value is -1.33. The molecular weight excluding hydrogens is 317 g/mol. The fourth-order valence-corrected chi connectivity index (χ4v) is 1.99. The summed E-state index contributed by atoms with van der Waals surface area (Å²) in [6.07, 6.45) is 0. The molecule has 1 amide bonds. The lowest BCUT2D eigenvalue weighted by Gasteiger charge is -2.07. The number of benzene rings is 2. The van der Waals surface area contributed by atoms with Crippen molar-refractivity contribution in [2.24, 2.45) is 0 Å². The summed E-state index contributed by atoms with van der Waals surface area (Å²) >= 11 is 7.30. The highest BCUT2D eigenvalue weighted by Crippen LogP contribution is 2.20.